The van der Waals surface area contributed by atoms with Crippen LogP contribution in [0.25, 0.3) is 0 Å². The van der Waals surface area contributed by atoms with Crippen LogP contribution in [0, 0.1) is 16.7 Å². The monoisotopic (exact) mass is 261 g/mol. The Labute approximate surface area is 113 Å². The van der Waals surface area contributed by atoms with Gasteiger partial charge in [-0.05, 0) is 57.1 Å². The SMILES string of the molecule is C[C@]12C=C3CCOC4CCCC(C#N)(CC1)[C@]34OO2. The highest BCUT2D eigenvalue weighted by molar-refractivity contribution is 5.38. The molecule has 102 valence electrons. The summed E-state index contributed by atoms with van der Waals surface area (Å²) >= 11 is 0. The Balaban J connectivity index is 1.96. The predicted molar refractivity (Wildman–Crippen MR) is 66.9 cm³/mol. The number of hydrogen-bond acceptors (Lipinski definition) is 4. The van der Waals surface area contributed by atoms with E-state index in [2.05, 4.69) is 19.1 Å². The number of rotatable bonds is 0. The van der Waals surface area contributed by atoms with Crippen molar-refractivity contribution in [3.63, 3.8) is 0 Å². The molecule has 4 heteroatoms. The fourth-order valence-corrected chi connectivity index (χ4v) is 4.50. The molecule has 2 bridgehead atoms. The van der Waals surface area contributed by atoms with Crippen LogP contribution in [0.3, 0.4) is 0 Å². The summed E-state index contributed by atoms with van der Waals surface area (Å²) in [5.74, 6) is 0. The van der Waals surface area contributed by atoms with Crippen molar-refractivity contribution in [3.05, 3.63) is 11.6 Å². The lowest BCUT2D eigenvalue weighted by atomic mass is 9.57. The summed E-state index contributed by atoms with van der Waals surface area (Å²) < 4.78 is 5.96. The average Bonchev–Trinajstić information content (AvgIpc) is 2.63. The molecule has 2 aliphatic carbocycles. The first-order valence-corrected chi connectivity index (χ1v) is 7.26. The Morgan fingerprint density at radius 1 is 1.32 bits per heavy atom. The van der Waals surface area contributed by atoms with E-state index in [9.17, 15) is 5.26 Å². The second kappa shape index (κ2) is 3.60. The molecule has 2 unspecified atom stereocenters. The predicted octanol–water partition coefficient (Wildman–Crippen LogP) is 2.65. The maximum Gasteiger partial charge on any atom is 0.169 e. The third-order valence-corrected chi connectivity index (χ3v) is 5.51. The van der Waals surface area contributed by atoms with Crippen LogP contribution in [-0.2, 0) is 14.5 Å². The van der Waals surface area contributed by atoms with Crippen molar-refractivity contribution in [2.45, 2.75) is 62.8 Å². The summed E-state index contributed by atoms with van der Waals surface area (Å²) in [4.78, 5) is 11.6. The smallest absolute Gasteiger partial charge is 0.169 e. The van der Waals surface area contributed by atoms with Gasteiger partial charge in [0.2, 0.25) is 0 Å². The minimum Gasteiger partial charge on any atom is -0.374 e. The number of fused-ring (bicyclic) bond motifs is 2. The van der Waals surface area contributed by atoms with Gasteiger partial charge in [-0.2, -0.15) is 5.26 Å². The zero-order valence-electron chi connectivity index (χ0n) is 11.3. The standard InChI is InChI=1S/C15H19NO3/c1-13-6-7-14(10-16)5-2-3-12-15(14,19-18-13)11(9-13)4-8-17-12/h9,12H,2-8H2,1H3/t12?,13-,14?,15+/m1/s1. The van der Waals surface area contributed by atoms with Gasteiger partial charge in [0.15, 0.2) is 5.60 Å². The van der Waals surface area contributed by atoms with E-state index in [1.54, 1.807) is 0 Å². The van der Waals surface area contributed by atoms with Crippen LogP contribution in [0.4, 0.5) is 0 Å². The first-order chi connectivity index (χ1) is 9.14. The van der Waals surface area contributed by atoms with E-state index in [4.69, 9.17) is 14.5 Å². The minimum atomic E-state index is -0.645. The van der Waals surface area contributed by atoms with E-state index in [-0.39, 0.29) is 11.7 Å². The van der Waals surface area contributed by atoms with Crippen LogP contribution in [-0.4, -0.2) is 23.9 Å². The number of ether oxygens (including phenoxy) is 1. The van der Waals surface area contributed by atoms with Crippen LogP contribution in [0.2, 0.25) is 0 Å². The molecular weight excluding hydrogens is 242 g/mol. The van der Waals surface area contributed by atoms with Gasteiger partial charge in [-0.25, -0.2) is 9.78 Å². The molecule has 2 saturated heterocycles. The maximum absolute atomic E-state index is 9.89. The highest BCUT2D eigenvalue weighted by Crippen LogP contribution is 2.61. The van der Waals surface area contributed by atoms with E-state index in [1.165, 1.54) is 5.57 Å². The van der Waals surface area contributed by atoms with Crippen molar-refractivity contribution in [2.75, 3.05) is 6.61 Å². The highest BCUT2D eigenvalue weighted by atomic mass is 17.2. The summed E-state index contributed by atoms with van der Waals surface area (Å²) in [7, 11) is 0. The Hall–Kier alpha value is -0.890. The topological polar surface area (TPSA) is 51.5 Å². The van der Waals surface area contributed by atoms with Crippen molar-refractivity contribution in [3.8, 4) is 6.07 Å². The molecule has 3 heterocycles. The average molecular weight is 261 g/mol. The molecule has 0 radical (unpaired) electrons. The lowest BCUT2D eigenvalue weighted by molar-refractivity contribution is -0.429. The summed E-state index contributed by atoms with van der Waals surface area (Å²) in [6.45, 7) is 2.79. The largest absolute Gasteiger partial charge is 0.374 e. The number of hydrogen-bond donors (Lipinski definition) is 0. The molecular formula is C15H19NO3. The quantitative estimate of drug-likeness (QED) is 0.497. The van der Waals surface area contributed by atoms with Gasteiger partial charge < -0.3 is 4.74 Å². The third kappa shape index (κ3) is 1.29. The number of nitriles is 1. The second-order valence-electron chi connectivity index (χ2n) is 6.58. The summed E-state index contributed by atoms with van der Waals surface area (Å²) in [6, 6.07) is 2.60. The van der Waals surface area contributed by atoms with Gasteiger partial charge in [0.05, 0.1) is 24.2 Å². The van der Waals surface area contributed by atoms with Crippen LogP contribution in [0.1, 0.15) is 45.4 Å². The molecule has 4 atom stereocenters. The van der Waals surface area contributed by atoms with Gasteiger partial charge in [0.1, 0.15) is 5.60 Å². The second-order valence-corrected chi connectivity index (χ2v) is 6.58. The van der Waals surface area contributed by atoms with Crippen molar-refractivity contribution in [1.29, 1.82) is 5.26 Å². The first-order valence-electron chi connectivity index (χ1n) is 7.26. The summed E-state index contributed by atoms with van der Waals surface area (Å²) in [5, 5.41) is 9.89. The van der Waals surface area contributed by atoms with E-state index in [0.29, 0.717) is 0 Å². The van der Waals surface area contributed by atoms with E-state index in [1.807, 2.05) is 0 Å². The fraction of sp³-hybridized carbons (Fsp3) is 0.800. The van der Waals surface area contributed by atoms with Crippen molar-refractivity contribution in [1.82, 2.24) is 0 Å². The molecule has 1 spiro atoms. The Bertz CT molecular complexity index is 494. The van der Waals surface area contributed by atoms with Gasteiger partial charge in [0, 0.05) is 0 Å². The molecule has 0 aromatic carbocycles. The molecule has 0 N–H and O–H groups in total. The molecule has 5 rings (SSSR count). The van der Waals surface area contributed by atoms with Gasteiger partial charge >= 0.3 is 0 Å². The van der Waals surface area contributed by atoms with E-state index in [0.717, 1.165) is 45.1 Å². The molecule has 0 amide bonds. The zero-order chi connectivity index (χ0) is 13.1. The van der Waals surface area contributed by atoms with Gasteiger partial charge in [-0.15, -0.1) is 0 Å². The van der Waals surface area contributed by atoms with Crippen molar-refractivity contribution < 1.29 is 14.5 Å². The number of nitrogens with zero attached hydrogens (tertiary/aromatic N) is 1. The molecule has 3 fully saturated rings. The van der Waals surface area contributed by atoms with Crippen molar-refractivity contribution >= 4 is 0 Å². The van der Waals surface area contributed by atoms with Crippen LogP contribution >= 0.6 is 0 Å². The molecule has 5 aliphatic rings. The molecule has 4 nitrogen and oxygen atoms in total. The van der Waals surface area contributed by atoms with E-state index >= 15 is 0 Å². The van der Waals surface area contributed by atoms with E-state index < -0.39 is 11.0 Å². The molecule has 3 aliphatic heterocycles. The normalized spacial score (nSPS) is 51.8. The molecule has 1 saturated carbocycles. The Morgan fingerprint density at radius 3 is 3.05 bits per heavy atom. The highest BCUT2D eigenvalue weighted by Gasteiger charge is 2.68. The molecule has 19 heavy (non-hydrogen) atoms. The fourth-order valence-electron chi connectivity index (χ4n) is 4.50. The molecule has 0 aromatic heterocycles. The zero-order valence-corrected chi connectivity index (χ0v) is 11.3. The van der Waals surface area contributed by atoms with Crippen LogP contribution < -0.4 is 0 Å². The first kappa shape index (κ1) is 11.9. The van der Waals surface area contributed by atoms with Crippen molar-refractivity contribution in [2.24, 2.45) is 5.41 Å². The van der Waals surface area contributed by atoms with Gasteiger partial charge in [0.25, 0.3) is 0 Å². The molecule has 0 aromatic rings. The Morgan fingerprint density at radius 2 is 2.21 bits per heavy atom. The lowest BCUT2D eigenvalue weighted by Gasteiger charge is -2.55. The maximum atomic E-state index is 9.89. The van der Waals surface area contributed by atoms with Gasteiger partial charge in [-0.3, -0.25) is 0 Å². The Kier molecular flexibility index (Phi) is 2.26. The third-order valence-electron chi connectivity index (χ3n) is 5.51. The van der Waals surface area contributed by atoms with Crippen LogP contribution in [0.5, 0.6) is 0 Å². The lowest BCUT2D eigenvalue weighted by Crippen LogP contribution is -2.64. The summed E-state index contributed by atoms with van der Waals surface area (Å²) in [5.41, 5.74) is -0.245. The van der Waals surface area contributed by atoms with Gasteiger partial charge in [-0.1, -0.05) is 0 Å². The van der Waals surface area contributed by atoms with Crippen LogP contribution in [0.15, 0.2) is 11.6 Å². The minimum absolute atomic E-state index is 0.0245. The summed E-state index contributed by atoms with van der Waals surface area (Å²) in [6.07, 6.45) is 7.62.